The van der Waals surface area contributed by atoms with Crippen LogP contribution in [0, 0.1) is 5.82 Å². The fraction of sp³-hybridized carbons (Fsp3) is 0.381. The van der Waals surface area contributed by atoms with Gasteiger partial charge in [0.05, 0.1) is 26.3 Å². The van der Waals surface area contributed by atoms with Gasteiger partial charge in [-0.3, -0.25) is 4.99 Å². The first-order valence-electron chi connectivity index (χ1n) is 9.23. The van der Waals surface area contributed by atoms with Crippen molar-refractivity contribution in [3.8, 4) is 11.5 Å². The highest BCUT2D eigenvalue weighted by Crippen LogP contribution is 2.19. The molecule has 0 fully saturated rings. The minimum atomic E-state index is -0.729. The van der Waals surface area contributed by atoms with E-state index in [1.54, 1.807) is 25.3 Å². The summed E-state index contributed by atoms with van der Waals surface area (Å²) < 4.78 is 23.7. The molecule has 6 nitrogen and oxygen atoms in total. The number of ether oxygens (including phenoxy) is 2. The van der Waals surface area contributed by atoms with Crippen LogP contribution in [0.5, 0.6) is 11.5 Å². The van der Waals surface area contributed by atoms with Crippen molar-refractivity contribution in [1.82, 2.24) is 10.2 Å². The molecule has 0 amide bonds. The summed E-state index contributed by atoms with van der Waals surface area (Å²) in [6.45, 7) is 3.91. The molecule has 0 aliphatic heterocycles. The number of benzene rings is 2. The predicted molar refractivity (Wildman–Crippen MR) is 108 cm³/mol. The Balaban J connectivity index is 1.91. The average Bonchev–Trinajstić information content (AvgIpc) is 2.72. The second kappa shape index (κ2) is 11.1. The summed E-state index contributed by atoms with van der Waals surface area (Å²) in [6.07, 6.45) is -0.729. The maximum Gasteiger partial charge on any atom is 0.193 e. The standard InChI is InChI=1S/C21H28FN3O3/c1-4-23-21(24-15-20(26)16-6-5-7-19(14-16)27-3)25(2)12-13-28-18-10-8-17(22)9-11-18/h5-11,14,20,26H,4,12-13,15H2,1-3H3,(H,23,24). The number of aliphatic hydroxyl groups is 1. The molecular formula is C21H28FN3O3. The summed E-state index contributed by atoms with van der Waals surface area (Å²) in [5, 5.41) is 13.6. The Morgan fingerprint density at radius 3 is 2.64 bits per heavy atom. The Bertz CT molecular complexity index is 753. The van der Waals surface area contributed by atoms with Crippen LogP contribution in [-0.2, 0) is 0 Å². The van der Waals surface area contributed by atoms with E-state index in [9.17, 15) is 9.50 Å². The maximum atomic E-state index is 12.9. The fourth-order valence-corrected chi connectivity index (χ4v) is 2.53. The van der Waals surface area contributed by atoms with Crippen LogP contribution in [0.1, 0.15) is 18.6 Å². The number of halogens is 1. The molecule has 1 atom stereocenters. The molecule has 2 N–H and O–H groups in total. The SMILES string of the molecule is CCNC(=NCC(O)c1cccc(OC)c1)N(C)CCOc1ccc(F)cc1. The van der Waals surface area contributed by atoms with E-state index in [2.05, 4.69) is 10.3 Å². The highest BCUT2D eigenvalue weighted by molar-refractivity contribution is 5.79. The fourth-order valence-electron chi connectivity index (χ4n) is 2.53. The number of hydrogen-bond acceptors (Lipinski definition) is 4. The van der Waals surface area contributed by atoms with E-state index in [-0.39, 0.29) is 12.4 Å². The first kappa shape index (κ1) is 21.5. The molecule has 0 aliphatic carbocycles. The number of aliphatic hydroxyl groups excluding tert-OH is 1. The number of nitrogens with zero attached hydrogens (tertiary/aromatic N) is 2. The van der Waals surface area contributed by atoms with Gasteiger partial charge in [-0.25, -0.2) is 4.39 Å². The number of hydrogen-bond donors (Lipinski definition) is 2. The second-order valence-electron chi connectivity index (χ2n) is 6.21. The molecule has 2 rings (SSSR count). The van der Waals surface area contributed by atoms with Crippen molar-refractivity contribution in [2.45, 2.75) is 13.0 Å². The molecule has 0 spiro atoms. The van der Waals surface area contributed by atoms with Crippen molar-refractivity contribution in [3.63, 3.8) is 0 Å². The van der Waals surface area contributed by atoms with Crippen molar-refractivity contribution >= 4 is 5.96 Å². The molecule has 7 heteroatoms. The topological polar surface area (TPSA) is 66.3 Å². The van der Waals surface area contributed by atoms with Crippen LogP contribution >= 0.6 is 0 Å². The molecule has 152 valence electrons. The Labute approximate surface area is 165 Å². The van der Waals surface area contributed by atoms with Crippen molar-refractivity contribution in [2.24, 2.45) is 4.99 Å². The van der Waals surface area contributed by atoms with Gasteiger partial charge in [0, 0.05) is 13.6 Å². The molecule has 0 bridgehead atoms. The second-order valence-corrected chi connectivity index (χ2v) is 6.21. The molecule has 0 saturated carbocycles. The first-order valence-corrected chi connectivity index (χ1v) is 9.23. The van der Waals surface area contributed by atoms with Crippen LogP contribution in [0.3, 0.4) is 0 Å². The monoisotopic (exact) mass is 389 g/mol. The molecule has 2 aromatic rings. The van der Waals surface area contributed by atoms with Crippen molar-refractivity contribution in [3.05, 3.63) is 59.9 Å². The number of rotatable bonds is 9. The summed E-state index contributed by atoms with van der Waals surface area (Å²) in [5.41, 5.74) is 0.751. The lowest BCUT2D eigenvalue weighted by atomic mass is 10.1. The van der Waals surface area contributed by atoms with Gasteiger partial charge < -0.3 is 24.8 Å². The lowest BCUT2D eigenvalue weighted by molar-refractivity contribution is 0.186. The van der Waals surface area contributed by atoms with E-state index in [0.29, 0.717) is 37.2 Å². The molecule has 28 heavy (non-hydrogen) atoms. The Hall–Kier alpha value is -2.80. The first-order chi connectivity index (χ1) is 13.5. The Morgan fingerprint density at radius 1 is 1.21 bits per heavy atom. The van der Waals surface area contributed by atoms with Gasteiger partial charge in [-0.1, -0.05) is 12.1 Å². The van der Waals surface area contributed by atoms with Gasteiger partial charge >= 0.3 is 0 Å². The number of likely N-dealkylation sites (N-methyl/N-ethyl adjacent to an activating group) is 1. The molecule has 0 radical (unpaired) electrons. The van der Waals surface area contributed by atoms with Gasteiger partial charge in [-0.05, 0) is 48.9 Å². The summed E-state index contributed by atoms with van der Waals surface area (Å²) >= 11 is 0. The van der Waals surface area contributed by atoms with E-state index < -0.39 is 6.10 Å². The predicted octanol–water partition coefficient (Wildman–Crippen LogP) is 2.84. The third kappa shape index (κ3) is 6.74. The van der Waals surface area contributed by atoms with E-state index in [1.165, 1.54) is 12.1 Å². The largest absolute Gasteiger partial charge is 0.497 e. The lowest BCUT2D eigenvalue weighted by Gasteiger charge is -2.22. The van der Waals surface area contributed by atoms with Crippen molar-refractivity contribution in [2.75, 3.05) is 40.4 Å². The highest BCUT2D eigenvalue weighted by atomic mass is 19.1. The van der Waals surface area contributed by atoms with Gasteiger partial charge in [0.25, 0.3) is 0 Å². The zero-order chi connectivity index (χ0) is 20.4. The summed E-state index contributed by atoms with van der Waals surface area (Å²) in [6, 6.07) is 13.2. The lowest BCUT2D eigenvalue weighted by Crippen LogP contribution is -2.41. The van der Waals surface area contributed by atoms with E-state index in [4.69, 9.17) is 9.47 Å². The van der Waals surface area contributed by atoms with Gasteiger partial charge in [0.15, 0.2) is 5.96 Å². The molecule has 2 aromatic carbocycles. The molecule has 0 aromatic heterocycles. The Morgan fingerprint density at radius 2 is 1.96 bits per heavy atom. The quantitative estimate of drug-likeness (QED) is 0.510. The van der Waals surface area contributed by atoms with Gasteiger partial charge in [0.2, 0.25) is 0 Å². The van der Waals surface area contributed by atoms with Crippen LogP contribution in [-0.4, -0.2) is 56.4 Å². The highest BCUT2D eigenvalue weighted by Gasteiger charge is 2.11. The Kier molecular flexibility index (Phi) is 8.55. The molecule has 1 unspecified atom stereocenters. The third-order valence-electron chi connectivity index (χ3n) is 4.10. The minimum Gasteiger partial charge on any atom is -0.497 e. The summed E-state index contributed by atoms with van der Waals surface area (Å²) in [7, 11) is 3.49. The van der Waals surface area contributed by atoms with E-state index >= 15 is 0 Å². The minimum absolute atomic E-state index is 0.221. The number of guanidine groups is 1. The van der Waals surface area contributed by atoms with E-state index in [0.717, 1.165) is 5.56 Å². The van der Waals surface area contributed by atoms with Gasteiger partial charge in [0.1, 0.15) is 23.9 Å². The summed E-state index contributed by atoms with van der Waals surface area (Å²) in [5.74, 6) is 1.69. The van der Waals surface area contributed by atoms with Crippen molar-refractivity contribution in [1.29, 1.82) is 0 Å². The smallest absolute Gasteiger partial charge is 0.193 e. The molecule has 0 heterocycles. The molecule has 0 saturated heterocycles. The van der Waals surface area contributed by atoms with Gasteiger partial charge in [-0.2, -0.15) is 0 Å². The van der Waals surface area contributed by atoms with Crippen LogP contribution in [0.4, 0.5) is 4.39 Å². The van der Waals surface area contributed by atoms with Crippen LogP contribution < -0.4 is 14.8 Å². The number of nitrogens with one attached hydrogen (secondary N) is 1. The molecular weight excluding hydrogens is 361 g/mol. The van der Waals surface area contributed by atoms with E-state index in [1.807, 2.05) is 37.1 Å². The van der Waals surface area contributed by atoms with Crippen molar-refractivity contribution < 1.29 is 19.0 Å². The maximum absolute atomic E-state index is 12.9. The van der Waals surface area contributed by atoms with Crippen LogP contribution in [0.25, 0.3) is 0 Å². The normalized spacial score (nSPS) is 12.4. The van der Waals surface area contributed by atoms with Gasteiger partial charge in [-0.15, -0.1) is 0 Å². The number of aliphatic imine (C=N–C) groups is 1. The average molecular weight is 389 g/mol. The van der Waals surface area contributed by atoms with Crippen LogP contribution in [0.15, 0.2) is 53.5 Å². The molecule has 0 aliphatic rings. The summed E-state index contributed by atoms with van der Waals surface area (Å²) in [4.78, 5) is 6.44. The zero-order valence-corrected chi connectivity index (χ0v) is 16.6. The zero-order valence-electron chi connectivity index (χ0n) is 16.6. The number of methoxy groups -OCH3 is 1. The third-order valence-corrected chi connectivity index (χ3v) is 4.10. The van der Waals surface area contributed by atoms with Crippen LogP contribution in [0.2, 0.25) is 0 Å².